The number of amides is 1. The minimum Gasteiger partial charge on any atom is -0.496 e. The van der Waals surface area contributed by atoms with Gasteiger partial charge in [-0.15, -0.1) is 12.4 Å². The van der Waals surface area contributed by atoms with Gasteiger partial charge in [-0.25, -0.2) is 0 Å². The molecule has 1 aliphatic rings. The maximum Gasteiger partial charge on any atom is 0.241 e. The van der Waals surface area contributed by atoms with E-state index in [1.165, 1.54) is 0 Å². The van der Waals surface area contributed by atoms with Crippen molar-refractivity contribution in [2.75, 3.05) is 44.7 Å². The Hall–Kier alpha value is -2.08. The average Bonchev–Trinajstić information content (AvgIpc) is 2.70. The fraction of sp³-hybridized carbons (Fsp3) is 0.381. The van der Waals surface area contributed by atoms with Crippen LogP contribution in [0.15, 0.2) is 54.6 Å². The lowest BCUT2D eigenvalue weighted by Crippen LogP contribution is -2.50. The molecule has 0 bridgehead atoms. The number of hydrogen-bond donors (Lipinski definition) is 1. The summed E-state index contributed by atoms with van der Waals surface area (Å²) in [7, 11) is 1.69. The molecule has 0 saturated carbocycles. The highest BCUT2D eigenvalue weighted by molar-refractivity contribution is 5.94. The molecule has 2 aromatic rings. The third kappa shape index (κ3) is 5.01. The molecule has 27 heavy (non-hydrogen) atoms. The molecule has 0 aromatic heterocycles. The van der Waals surface area contributed by atoms with Crippen molar-refractivity contribution < 1.29 is 9.53 Å². The fourth-order valence-corrected chi connectivity index (χ4v) is 3.55. The van der Waals surface area contributed by atoms with Gasteiger partial charge in [0.2, 0.25) is 5.91 Å². The van der Waals surface area contributed by atoms with Crippen LogP contribution in [0.2, 0.25) is 0 Å². The number of likely N-dealkylation sites (N-methyl/N-ethyl adjacent to an activating group) is 1. The number of halogens is 1. The average molecular weight is 390 g/mol. The van der Waals surface area contributed by atoms with Crippen molar-refractivity contribution in [1.82, 2.24) is 10.2 Å². The van der Waals surface area contributed by atoms with E-state index in [1.807, 2.05) is 60.4 Å². The van der Waals surface area contributed by atoms with Gasteiger partial charge in [-0.3, -0.25) is 9.69 Å². The maximum absolute atomic E-state index is 13.0. The smallest absolute Gasteiger partial charge is 0.241 e. The number of nitrogens with zero attached hydrogens (tertiary/aromatic N) is 2. The standard InChI is InChI=1S/C21H27N3O2.ClH/c1-3-24(17-9-5-4-6-10-17)21(25)16-23-14-13-22-15-19(23)18-11-7-8-12-20(18)26-2;/h4-12,19,22H,3,13-16H2,1-2H3;1H. The first-order chi connectivity index (χ1) is 12.7. The molecule has 146 valence electrons. The van der Waals surface area contributed by atoms with Crippen molar-refractivity contribution in [2.24, 2.45) is 0 Å². The summed E-state index contributed by atoms with van der Waals surface area (Å²) in [4.78, 5) is 17.1. The highest BCUT2D eigenvalue weighted by Gasteiger charge is 2.29. The first kappa shape index (κ1) is 21.2. The Morgan fingerprint density at radius 2 is 1.89 bits per heavy atom. The molecule has 1 unspecified atom stereocenters. The van der Waals surface area contributed by atoms with Gasteiger partial charge in [-0.1, -0.05) is 36.4 Å². The Bertz CT molecular complexity index is 726. The van der Waals surface area contributed by atoms with Crippen LogP contribution in [0.25, 0.3) is 0 Å². The van der Waals surface area contributed by atoms with Crippen LogP contribution in [0.5, 0.6) is 5.75 Å². The number of para-hydroxylation sites is 2. The van der Waals surface area contributed by atoms with Crippen LogP contribution in [0.3, 0.4) is 0 Å². The van der Waals surface area contributed by atoms with E-state index in [4.69, 9.17) is 4.74 Å². The second-order valence-corrected chi connectivity index (χ2v) is 6.41. The van der Waals surface area contributed by atoms with Gasteiger partial charge in [0.1, 0.15) is 5.75 Å². The van der Waals surface area contributed by atoms with Crippen molar-refractivity contribution in [1.29, 1.82) is 0 Å². The topological polar surface area (TPSA) is 44.8 Å². The zero-order valence-corrected chi connectivity index (χ0v) is 16.7. The van der Waals surface area contributed by atoms with Gasteiger partial charge < -0.3 is 15.0 Å². The molecule has 0 radical (unpaired) electrons. The van der Waals surface area contributed by atoms with Crippen LogP contribution in [-0.4, -0.2) is 50.6 Å². The molecule has 1 N–H and O–H groups in total. The molecule has 5 nitrogen and oxygen atoms in total. The van der Waals surface area contributed by atoms with E-state index in [0.29, 0.717) is 13.1 Å². The van der Waals surface area contributed by atoms with E-state index in [0.717, 1.165) is 36.6 Å². The first-order valence-corrected chi connectivity index (χ1v) is 9.17. The number of piperazine rings is 1. The molecule has 0 aliphatic carbocycles. The quantitative estimate of drug-likeness (QED) is 0.824. The van der Waals surface area contributed by atoms with E-state index in [1.54, 1.807) is 7.11 Å². The van der Waals surface area contributed by atoms with Crippen molar-refractivity contribution in [3.63, 3.8) is 0 Å². The van der Waals surface area contributed by atoms with Gasteiger partial charge in [-0.2, -0.15) is 0 Å². The van der Waals surface area contributed by atoms with E-state index < -0.39 is 0 Å². The number of anilines is 1. The Balaban J connectivity index is 0.00000261. The predicted octanol–water partition coefficient (Wildman–Crippen LogP) is 3.12. The normalized spacial score (nSPS) is 17.0. The summed E-state index contributed by atoms with van der Waals surface area (Å²) in [6.45, 7) is 5.60. The summed E-state index contributed by atoms with van der Waals surface area (Å²) in [5, 5.41) is 3.44. The Morgan fingerprint density at radius 1 is 1.19 bits per heavy atom. The van der Waals surface area contributed by atoms with E-state index in [-0.39, 0.29) is 24.4 Å². The molecule has 2 aromatic carbocycles. The number of ether oxygens (including phenoxy) is 1. The third-order valence-electron chi connectivity index (χ3n) is 4.88. The summed E-state index contributed by atoms with van der Waals surface area (Å²) in [6, 6.07) is 18.1. The monoisotopic (exact) mass is 389 g/mol. The number of nitrogens with one attached hydrogen (secondary N) is 1. The number of hydrogen-bond acceptors (Lipinski definition) is 4. The van der Waals surface area contributed by atoms with E-state index in [2.05, 4.69) is 16.3 Å². The van der Waals surface area contributed by atoms with E-state index in [9.17, 15) is 4.79 Å². The lowest BCUT2D eigenvalue weighted by atomic mass is 10.0. The molecule has 1 aliphatic heterocycles. The summed E-state index contributed by atoms with van der Waals surface area (Å²) in [6.07, 6.45) is 0. The van der Waals surface area contributed by atoms with Crippen LogP contribution >= 0.6 is 12.4 Å². The molecule has 1 amide bonds. The summed E-state index contributed by atoms with van der Waals surface area (Å²) < 4.78 is 5.54. The molecular formula is C21H28ClN3O2. The molecule has 1 saturated heterocycles. The van der Waals surface area contributed by atoms with Gasteiger partial charge in [0.25, 0.3) is 0 Å². The molecule has 1 fully saturated rings. The van der Waals surface area contributed by atoms with Crippen LogP contribution in [0, 0.1) is 0 Å². The number of benzene rings is 2. The highest BCUT2D eigenvalue weighted by atomic mass is 35.5. The predicted molar refractivity (Wildman–Crippen MR) is 112 cm³/mol. The summed E-state index contributed by atoms with van der Waals surface area (Å²) >= 11 is 0. The van der Waals surface area contributed by atoms with Crippen molar-refractivity contribution in [2.45, 2.75) is 13.0 Å². The van der Waals surface area contributed by atoms with Crippen LogP contribution in [0.4, 0.5) is 5.69 Å². The van der Waals surface area contributed by atoms with Gasteiger partial charge >= 0.3 is 0 Å². The zero-order valence-electron chi connectivity index (χ0n) is 15.9. The molecule has 0 spiro atoms. The molecule has 3 rings (SSSR count). The van der Waals surface area contributed by atoms with Crippen LogP contribution in [0.1, 0.15) is 18.5 Å². The van der Waals surface area contributed by atoms with Gasteiger partial charge in [0.15, 0.2) is 0 Å². The summed E-state index contributed by atoms with van der Waals surface area (Å²) in [5.74, 6) is 0.995. The largest absolute Gasteiger partial charge is 0.496 e. The van der Waals surface area contributed by atoms with E-state index >= 15 is 0 Å². The highest BCUT2D eigenvalue weighted by Crippen LogP contribution is 2.30. The van der Waals surface area contributed by atoms with Crippen molar-refractivity contribution in [3.8, 4) is 5.75 Å². The van der Waals surface area contributed by atoms with Crippen molar-refractivity contribution >= 4 is 24.0 Å². The van der Waals surface area contributed by atoms with Gasteiger partial charge in [-0.05, 0) is 25.1 Å². The maximum atomic E-state index is 13.0. The number of carbonyl (C=O) groups excluding carboxylic acids is 1. The minimum atomic E-state index is 0. The molecule has 1 atom stereocenters. The molecule has 1 heterocycles. The Labute approximate surface area is 167 Å². The lowest BCUT2D eigenvalue weighted by molar-refractivity contribution is -0.120. The molecular weight excluding hydrogens is 362 g/mol. The number of methoxy groups -OCH3 is 1. The first-order valence-electron chi connectivity index (χ1n) is 9.17. The van der Waals surface area contributed by atoms with Crippen LogP contribution in [-0.2, 0) is 4.79 Å². The number of rotatable bonds is 6. The van der Waals surface area contributed by atoms with Crippen molar-refractivity contribution in [3.05, 3.63) is 60.2 Å². The SMILES string of the molecule is CCN(C(=O)CN1CCNCC1c1ccccc1OC)c1ccccc1.Cl. The fourth-order valence-electron chi connectivity index (χ4n) is 3.55. The van der Waals surface area contributed by atoms with Crippen LogP contribution < -0.4 is 15.0 Å². The minimum absolute atomic E-state index is 0. The number of carbonyl (C=O) groups is 1. The third-order valence-corrected chi connectivity index (χ3v) is 4.88. The zero-order chi connectivity index (χ0) is 18.4. The lowest BCUT2D eigenvalue weighted by Gasteiger charge is -2.37. The summed E-state index contributed by atoms with van der Waals surface area (Å²) in [5.41, 5.74) is 2.07. The van der Waals surface area contributed by atoms with Gasteiger partial charge in [0.05, 0.1) is 19.7 Å². The van der Waals surface area contributed by atoms with Gasteiger partial charge in [0, 0.05) is 37.4 Å². The second kappa shape index (κ2) is 10.3. The Morgan fingerprint density at radius 3 is 2.59 bits per heavy atom. The molecule has 6 heteroatoms. The second-order valence-electron chi connectivity index (χ2n) is 6.41. The Kier molecular flexibility index (Phi) is 8.10.